The SMILES string of the molecule is F[B-](F)(F)C1SCCCS1.[K+]. The smallest absolute Gasteiger partial charge is 0.448 e. The molecule has 0 aromatic carbocycles. The summed E-state index contributed by atoms with van der Waals surface area (Å²) in [5.74, 6) is 1.33. The van der Waals surface area contributed by atoms with Crippen molar-refractivity contribution in [2.45, 2.75) is 10.9 Å². The number of thioether (sulfide) groups is 2. The van der Waals surface area contributed by atoms with Crippen molar-refractivity contribution in [3.05, 3.63) is 0 Å². The first-order valence-electron chi connectivity index (χ1n) is 3.04. The summed E-state index contributed by atoms with van der Waals surface area (Å²) in [5.41, 5.74) is 0. The van der Waals surface area contributed by atoms with Crippen LogP contribution in [0.25, 0.3) is 0 Å². The van der Waals surface area contributed by atoms with Crippen LogP contribution in [0, 0.1) is 0 Å². The van der Waals surface area contributed by atoms with E-state index in [0.717, 1.165) is 29.9 Å². The average molecular weight is 226 g/mol. The number of hydrogen-bond donors (Lipinski definition) is 0. The maximum absolute atomic E-state index is 12.0. The van der Waals surface area contributed by atoms with Crippen molar-refractivity contribution < 1.29 is 64.3 Å². The summed E-state index contributed by atoms with van der Waals surface area (Å²) in [6, 6.07) is 0. The molecule has 7 heteroatoms. The summed E-state index contributed by atoms with van der Waals surface area (Å²) >= 11 is 2.07. The standard InChI is InChI=1S/C4H7BF3S2.K/c6-5(7,8)4-9-2-1-3-10-4;/h4H,1-3H2;/q-1;+1. The minimum atomic E-state index is -4.60. The van der Waals surface area contributed by atoms with Gasteiger partial charge in [0, 0.05) is 4.48 Å². The minimum Gasteiger partial charge on any atom is -0.448 e. The normalized spacial score (nSPS) is 21.0. The molecule has 0 unspecified atom stereocenters. The van der Waals surface area contributed by atoms with E-state index in [1.54, 1.807) is 0 Å². The van der Waals surface area contributed by atoms with E-state index in [1.807, 2.05) is 0 Å². The first-order chi connectivity index (χ1) is 4.61. The molecule has 0 aromatic rings. The van der Waals surface area contributed by atoms with Crippen LogP contribution in [0.4, 0.5) is 12.9 Å². The fourth-order valence-electron chi connectivity index (χ4n) is 0.724. The largest absolute Gasteiger partial charge is 1.00 e. The second-order valence-electron chi connectivity index (χ2n) is 2.09. The van der Waals surface area contributed by atoms with Gasteiger partial charge in [0.15, 0.2) is 0 Å². The zero-order valence-corrected chi connectivity index (χ0v) is 11.0. The molecule has 0 aliphatic carbocycles. The van der Waals surface area contributed by atoms with Crippen molar-refractivity contribution in [1.29, 1.82) is 0 Å². The maximum atomic E-state index is 12.0. The van der Waals surface area contributed by atoms with Gasteiger partial charge in [-0.25, -0.2) is 0 Å². The van der Waals surface area contributed by atoms with Crippen LogP contribution in [0.5, 0.6) is 0 Å². The molecular weight excluding hydrogens is 219 g/mol. The second kappa shape index (κ2) is 5.82. The Morgan fingerprint density at radius 1 is 1.09 bits per heavy atom. The van der Waals surface area contributed by atoms with E-state index >= 15 is 0 Å². The van der Waals surface area contributed by atoms with Crippen LogP contribution in [-0.2, 0) is 0 Å². The first-order valence-corrected chi connectivity index (χ1v) is 5.13. The van der Waals surface area contributed by atoms with E-state index in [-0.39, 0.29) is 51.4 Å². The molecular formula is C4H7BF3KS2. The van der Waals surface area contributed by atoms with Gasteiger partial charge in [-0.1, -0.05) is 0 Å². The van der Waals surface area contributed by atoms with Gasteiger partial charge in [-0.2, -0.15) is 23.5 Å². The summed E-state index contributed by atoms with van der Waals surface area (Å²) in [6.45, 7) is -4.60. The Labute approximate surface area is 115 Å². The van der Waals surface area contributed by atoms with Crippen molar-refractivity contribution in [3.8, 4) is 0 Å². The molecule has 60 valence electrons. The van der Waals surface area contributed by atoms with Crippen LogP contribution >= 0.6 is 23.5 Å². The van der Waals surface area contributed by atoms with Crippen molar-refractivity contribution in [2.24, 2.45) is 0 Å². The quantitative estimate of drug-likeness (QED) is 0.557. The first kappa shape index (κ1) is 13.2. The minimum absolute atomic E-state index is 0. The molecule has 1 heterocycles. The number of halogens is 3. The van der Waals surface area contributed by atoms with Crippen LogP contribution in [0.1, 0.15) is 6.42 Å². The second-order valence-corrected chi connectivity index (χ2v) is 4.89. The molecule has 1 saturated heterocycles. The fraction of sp³-hybridized carbons (Fsp3) is 1.00. The molecule has 0 saturated carbocycles. The third-order valence-electron chi connectivity index (χ3n) is 1.16. The van der Waals surface area contributed by atoms with Crippen LogP contribution in [0.3, 0.4) is 0 Å². The Morgan fingerprint density at radius 2 is 1.55 bits per heavy atom. The zero-order chi connectivity index (χ0) is 7.61. The van der Waals surface area contributed by atoms with Crippen molar-refractivity contribution >= 4 is 30.5 Å². The van der Waals surface area contributed by atoms with E-state index in [2.05, 4.69) is 0 Å². The molecule has 0 radical (unpaired) electrons. The molecule has 0 amide bonds. The summed E-state index contributed by atoms with van der Waals surface area (Å²) in [4.78, 5) is 0. The summed E-state index contributed by atoms with van der Waals surface area (Å²) < 4.78 is 34.8. The molecule has 1 rings (SSSR count). The zero-order valence-electron chi connectivity index (χ0n) is 6.23. The topological polar surface area (TPSA) is 0 Å². The van der Waals surface area contributed by atoms with Gasteiger partial charge in [0.25, 0.3) is 0 Å². The Hall–Kier alpha value is 2.19. The predicted octanol–water partition coefficient (Wildman–Crippen LogP) is -0.427. The van der Waals surface area contributed by atoms with Crippen molar-refractivity contribution in [2.75, 3.05) is 11.5 Å². The van der Waals surface area contributed by atoms with E-state index in [0.29, 0.717) is 11.5 Å². The number of rotatable bonds is 1. The molecule has 0 N–H and O–H groups in total. The Bertz CT molecular complexity index is 114. The van der Waals surface area contributed by atoms with E-state index < -0.39 is 11.5 Å². The number of hydrogen-bond acceptors (Lipinski definition) is 2. The van der Waals surface area contributed by atoms with E-state index in [1.165, 1.54) is 0 Å². The van der Waals surface area contributed by atoms with Gasteiger partial charge < -0.3 is 12.9 Å². The van der Waals surface area contributed by atoms with Crippen LogP contribution in [0.2, 0.25) is 0 Å². The van der Waals surface area contributed by atoms with Crippen molar-refractivity contribution in [3.63, 3.8) is 0 Å². The van der Waals surface area contributed by atoms with E-state index in [9.17, 15) is 12.9 Å². The third-order valence-corrected chi connectivity index (χ3v) is 4.30. The van der Waals surface area contributed by atoms with E-state index in [4.69, 9.17) is 0 Å². The summed E-state index contributed by atoms with van der Waals surface area (Å²) in [5, 5.41) is 0. The molecule has 11 heavy (non-hydrogen) atoms. The monoisotopic (exact) mass is 226 g/mol. The Morgan fingerprint density at radius 3 is 1.82 bits per heavy atom. The van der Waals surface area contributed by atoms with Gasteiger partial charge in [0.1, 0.15) is 0 Å². The Kier molecular flexibility index (Phi) is 6.98. The van der Waals surface area contributed by atoms with Crippen LogP contribution in [0.15, 0.2) is 0 Å². The summed E-state index contributed by atoms with van der Waals surface area (Å²) in [7, 11) is 0. The molecule has 1 fully saturated rings. The van der Waals surface area contributed by atoms with Gasteiger partial charge in [-0.05, 0) is 17.9 Å². The summed E-state index contributed by atoms with van der Waals surface area (Å²) in [6.07, 6.45) is 0.915. The van der Waals surface area contributed by atoms with Gasteiger partial charge >= 0.3 is 58.4 Å². The van der Waals surface area contributed by atoms with Gasteiger partial charge in [-0.15, -0.1) is 0 Å². The molecule has 1 aliphatic rings. The molecule has 0 aromatic heterocycles. The van der Waals surface area contributed by atoms with Crippen LogP contribution < -0.4 is 51.4 Å². The van der Waals surface area contributed by atoms with Crippen molar-refractivity contribution in [1.82, 2.24) is 0 Å². The predicted molar refractivity (Wildman–Crippen MR) is 42.4 cm³/mol. The van der Waals surface area contributed by atoms with Crippen LogP contribution in [-0.4, -0.2) is 23.0 Å². The third kappa shape index (κ3) is 4.83. The maximum Gasteiger partial charge on any atom is 1.00 e. The molecule has 0 nitrogen and oxygen atoms in total. The molecule has 0 bridgehead atoms. The molecule has 0 atom stereocenters. The molecule has 1 aliphatic heterocycles. The fourth-order valence-corrected chi connectivity index (χ4v) is 3.39. The van der Waals surface area contributed by atoms with Gasteiger partial charge in [0.05, 0.1) is 0 Å². The average Bonchev–Trinajstić information content (AvgIpc) is 1.88. The molecule has 0 spiro atoms. The van der Waals surface area contributed by atoms with Gasteiger partial charge in [0.2, 0.25) is 0 Å². The van der Waals surface area contributed by atoms with Gasteiger partial charge in [-0.3, -0.25) is 0 Å². The Balaban J connectivity index is 0.000001000.